The molecule has 1 amide bonds. The van der Waals surface area contributed by atoms with Crippen molar-refractivity contribution in [3.8, 4) is 0 Å². The molecule has 0 aromatic carbocycles. The van der Waals surface area contributed by atoms with E-state index in [1.807, 2.05) is 38.4 Å². The van der Waals surface area contributed by atoms with Gasteiger partial charge in [-0.25, -0.2) is 0 Å². The monoisotopic (exact) mass is 375 g/mol. The zero-order chi connectivity index (χ0) is 19.8. The Morgan fingerprint density at radius 3 is 2.70 bits per heavy atom. The zero-order valence-corrected chi connectivity index (χ0v) is 16.9. The van der Waals surface area contributed by atoms with Crippen LogP contribution in [0.3, 0.4) is 0 Å². The molecule has 0 spiro atoms. The third kappa shape index (κ3) is 4.05. The van der Waals surface area contributed by atoms with Crippen molar-refractivity contribution >= 4 is 5.91 Å². The zero-order valence-electron chi connectivity index (χ0n) is 16.9. The summed E-state index contributed by atoms with van der Waals surface area (Å²) >= 11 is 0. The summed E-state index contributed by atoms with van der Waals surface area (Å²) in [6, 6.07) is 1.77. The van der Waals surface area contributed by atoms with Crippen molar-refractivity contribution in [3.63, 3.8) is 0 Å². The number of nitrogens with zero attached hydrogens (tertiary/aromatic N) is 4. The predicted octanol–water partition coefficient (Wildman–Crippen LogP) is 3.10. The molecule has 1 unspecified atom stereocenters. The van der Waals surface area contributed by atoms with Crippen molar-refractivity contribution in [2.45, 2.75) is 71.6 Å². The Kier molecular flexibility index (Phi) is 5.37. The molecule has 27 heavy (non-hydrogen) atoms. The van der Waals surface area contributed by atoms with E-state index in [1.54, 1.807) is 6.20 Å². The summed E-state index contributed by atoms with van der Waals surface area (Å²) in [5.41, 5.74) is 0.730. The van der Waals surface area contributed by atoms with Gasteiger partial charge in [0.2, 0.25) is 11.8 Å². The van der Waals surface area contributed by atoms with E-state index in [-0.39, 0.29) is 35.4 Å². The second-order valence-electron chi connectivity index (χ2n) is 8.42. The SMILES string of the molecule is CC(NC(=O)[C@H]1CCO[C@@H]1c1ccnn1C(C)C)c1nc(C(C)(C)C)no1. The molecule has 2 aromatic rings. The Morgan fingerprint density at radius 1 is 1.33 bits per heavy atom. The second-order valence-corrected chi connectivity index (χ2v) is 8.42. The first kappa shape index (κ1) is 19.5. The first-order valence-corrected chi connectivity index (χ1v) is 9.48. The highest BCUT2D eigenvalue weighted by Gasteiger charge is 2.38. The number of amides is 1. The van der Waals surface area contributed by atoms with Crippen LogP contribution < -0.4 is 5.32 Å². The van der Waals surface area contributed by atoms with Crippen molar-refractivity contribution in [2.75, 3.05) is 6.61 Å². The third-order valence-electron chi connectivity index (χ3n) is 4.75. The molecule has 1 aliphatic heterocycles. The Balaban J connectivity index is 1.71. The van der Waals surface area contributed by atoms with Gasteiger partial charge in [-0.2, -0.15) is 10.1 Å². The smallest absolute Gasteiger partial charge is 0.248 e. The van der Waals surface area contributed by atoms with Crippen LogP contribution in [-0.2, 0) is 14.9 Å². The molecule has 8 nitrogen and oxygen atoms in total. The van der Waals surface area contributed by atoms with E-state index in [4.69, 9.17) is 9.26 Å². The van der Waals surface area contributed by atoms with Gasteiger partial charge in [-0.15, -0.1) is 0 Å². The largest absolute Gasteiger partial charge is 0.371 e. The molecule has 3 heterocycles. The lowest BCUT2D eigenvalue weighted by Gasteiger charge is -2.22. The van der Waals surface area contributed by atoms with Crippen molar-refractivity contribution in [1.82, 2.24) is 25.2 Å². The first-order chi connectivity index (χ1) is 12.7. The first-order valence-electron chi connectivity index (χ1n) is 9.48. The summed E-state index contributed by atoms with van der Waals surface area (Å²) in [6.45, 7) is 12.6. The lowest BCUT2D eigenvalue weighted by atomic mass is 9.96. The minimum atomic E-state index is -0.364. The molecule has 0 saturated carbocycles. The Bertz CT molecular complexity index is 789. The van der Waals surface area contributed by atoms with Crippen LogP contribution in [0.5, 0.6) is 0 Å². The number of rotatable bonds is 5. The van der Waals surface area contributed by atoms with Crippen LogP contribution in [0.4, 0.5) is 0 Å². The fourth-order valence-corrected chi connectivity index (χ4v) is 3.23. The molecule has 1 N–H and O–H groups in total. The summed E-state index contributed by atoms with van der Waals surface area (Å²) in [5, 5.41) is 11.4. The van der Waals surface area contributed by atoms with Crippen LogP contribution in [0.25, 0.3) is 0 Å². The normalized spacial score (nSPS) is 21.6. The average Bonchev–Trinajstić information content (AvgIpc) is 3.31. The number of aromatic nitrogens is 4. The van der Waals surface area contributed by atoms with Crippen LogP contribution in [0, 0.1) is 5.92 Å². The highest BCUT2D eigenvalue weighted by atomic mass is 16.5. The maximum atomic E-state index is 12.9. The molecule has 1 fully saturated rings. The molecule has 3 atom stereocenters. The Hall–Kier alpha value is -2.22. The lowest BCUT2D eigenvalue weighted by Crippen LogP contribution is -2.35. The van der Waals surface area contributed by atoms with E-state index >= 15 is 0 Å². The highest BCUT2D eigenvalue weighted by molar-refractivity contribution is 5.80. The summed E-state index contributed by atoms with van der Waals surface area (Å²) in [4.78, 5) is 17.3. The molecule has 148 valence electrons. The van der Waals surface area contributed by atoms with Crippen molar-refractivity contribution < 1.29 is 14.1 Å². The van der Waals surface area contributed by atoms with E-state index in [0.717, 1.165) is 5.69 Å². The van der Waals surface area contributed by atoms with Crippen LogP contribution in [0.2, 0.25) is 0 Å². The standard InChI is InChI=1S/C19H29N5O3/c1-11(2)24-14(7-9-20-24)15-13(8-10-26-15)16(25)21-12(3)17-22-18(23-27-17)19(4,5)6/h7,9,11-13,15H,8,10H2,1-6H3,(H,21,25)/t12?,13-,15-/m0/s1. The maximum Gasteiger partial charge on any atom is 0.248 e. The quantitative estimate of drug-likeness (QED) is 0.863. The molecule has 0 aliphatic carbocycles. The van der Waals surface area contributed by atoms with Crippen molar-refractivity contribution in [2.24, 2.45) is 5.92 Å². The minimum absolute atomic E-state index is 0.0722. The summed E-state index contributed by atoms with van der Waals surface area (Å²) in [5.74, 6) is 0.696. The van der Waals surface area contributed by atoms with Crippen LogP contribution in [0.1, 0.15) is 83.6 Å². The number of hydrogen-bond donors (Lipinski definition) is 1. The Labute approximate surface area is 159 Å². The number of ether oxygens (including phenoxy) is 1. The molecule has 0 bridgehead atoms. The molecule has 1 saturated heterocycles. The van der Waals surface area contributed by atoms with Gasteiger partial charge in [0.1, 0.15) is 12.1 Å². The number of nitrogens with one attached hydrogen (secondary N) is 1. The van der Waals surface area contributed by atoms with Gasteiger partial charge in [0.05, 0.1) is 11.6 Å². The van der Waals surface area contributed by atoms with Crippen molar-refractivity contribution in [3.05, 3.63) is 29.7 Å². The predicted molar refractivity (Wildman–Crippen MR) is 99.0 cm³/mol. The van der Waals surface area contributed by atoms with Crippen LogP contribution in [-0.4, -0.2) is 32.4 Å². The topological polar surface area (TPSA) is 95.1 Å². The molecular weight excluding hydrogens is 346 g/mol. The van der Waals surface area contributed by atoms with E-state index in [2.05, 4.69) is 34.4 Å². The van der Waals surface area contributed by atoms with Gasteiger partial charge in [0.25, 0.3) is 0 Å². The Morgan fingerprint density at radius 2 is 2.07 bits per heavy atom. The summed E-state index contributed by atoms with van der Waals surface area (Å²) < 4.78 is 13.1. The van der Waals surface area contributed by atoms with Crippen LogP contribution >= 0.6 is 0 Å². The molecule has 0 radical (unpaired) electrons. The number of hydrogen-bond acceptors (Lipinski definition) is 6. The van der Waals surface area contributed by atoms with E-state index < -0.39 is 0 Å². The van der Waals surface area contributed by atoms with Gasteiger partial charge in [0.15, 0.2) is 5.82 Å². The van der Waals surface area contributed by atoms with Gasteiger partial charge in [-0.05, 0) is 33.3 Å². The second kappa shape index (κ2) is 7.42. The van der Waals surface area contributed by atoms with Gasteiger partial charge in [0, 0.05) is 24.3 Å². The third-order valence-corrected chi connectivity index (χ3v) is 4.75. The number of carbonyl (C=O) groups excluding carboxylic acids is 1. The molecular formula is C19H29N5O3. The highest BCUT2D eigenvalue weighted by Crippen LogP contribution is 2.36. The average molecular weight is 375 g/mol. The molecule has 8 heteroatoms. The summed E-state index contributed by atoms with van der Waals surface area (Å²) in [6.07, 6.45) is 2.12. The lowest BCUT2D eigenvalue weighted by molar-refractivity contribution is -0.127. The molecule has 3 rings (SSSR count). The van der Waals surface area contributed by atoms with Gasteiger partial charge in [-0.1, -0.05) is 25.9 Å². The van der Waals surface area contributed by atoms with Gasteiger partial charge < -0.3 is 14.6 Å². The number of carbonyl (C=O) groups is 1. The van der Waals surface area contributed by atoms with E-state index in [1.165, 1.54) is 0 Å². The fourth-order valence-electron chi connectivity index (χ4n) is 3.23. The molecule has 1 aliphatic rings. The van der Waals surface area contributed by atoms with E-state index in [0.29, 0.717) is 24.7 Å². The van der Waals surface area contributed by atoms with E-state index in [9.17, 15) is 4.79 Å². The van der Waals surface area contributed by atoms with Gasteiger partial charge >= 0.3 is 0 Å². The van der Waals surface area contributed by atoms with Crippen molar-refractivity contribution in [1.29, 1.82) is 0 Å². The maximum absolute atomic E-state index is 12.9. The fraction of sp³-hybridized carbons (Fsp3) is 0.684. The molecule has 2 aromatic heterocycles. The minimum Gasteiger partial charge on any atom is -0.371 e. The summed E-state index contributed by atoms with van der Waals surface area (Å²) in [7, 11) is 0. The van der Waals surface area contributed by atoms with Crippen LogP contribution in [0.15, 0.2) is 16.8 Å². The van der Waals surface area contributed by atoms with Gasteiger partial charge in [-0.3, -0.25) is 9.48 Å².